The maximum absolute atomic E-state index is 12.7. The van der Waals surface area contributed by atoms with Gasteiger partial charge in [-0.3, -0.25) is 0 Å². The summed E-state index contributed by atoms with van der Waals surface area (Å²) < 4.78 is 48.9. The number of carbonyl (C=O) groups is 1. The van der Waals surface area contributed by atoms with Crippen molar-refractivity contribution in [2.45, 2.75) is 13.1 Å². The summed E-state index contributed by atoms with van der Waals surface area (Å²) in [5, 5.41) is 0. The number of hydrogen-bond acceptors (Lipinski definition) is 5. The summed E-state index contributed by atoms with van der Waals surface area (Å²) in [6.45, 7) is 3.82. The van der Waals surface area contributed by atoms with Gasteiger partial charge in [-0.25, -0.2) is 9.78 Å². The second-order valence-corrected chi connectivity index (χ2v) is 5.78. The number of benzene rings is 1. The van der Waals surface area contributed by atoms with E-state index in [2.05, 4.69) is 4.98 Å². The van der Waals surface area contributed by atoms with E-state index in [1.54, 1.807) is 12.1 Å². The molecule has 1 aliphatic rings. The van der Waals surface area contributed by atoms with E-state index in [0.717, 1.165) is 17.8 Å². The summed E-state index contributed by atoms with van der Waals surface area (Å²) in [5.41, 5.74) is -0.342. The monoisotopic (exact) mass is 366 g/mol. The number of hydrogen-bond donors (Lipinski definition) is 0. The molecule has 1 fully saturated rings. The molecule has 2 heterocycles. The third kappa shape index (κ3) is 3.96. The molecular weight excluding hydrogens is 349 g/mol. The highest BCUT2D eigenvalue weighted by Gasteiger charge is 2.33. The third-order valence-corrected chi connectivity index (χ3v) is 4.02. The van der Waals surface area contributed by atoms with Gasteiger partial charge in [0.2, 0.25) is 0 Å². The van der Waals surface area contributed by atoms with Crippen LogP contribution in [0.25, 0.3) is 0 Å². The Balaban J connectivity index is 1.82. The smallest absolute Gasteiger partial charge is 0.421 e. The Morgan fingerprint density at radius 1 is 1.15 bits per heavy atom. The number of ether oxygens (including phenoxy) is 2. The average Bonchev–Trinajstić information content (AvgIpc) is 2.62. The van der Waals surface area contributed by atoms with Crippen LogP contribution in [0.15, 0.2) is 36.4 Å². The Labute approximate surface area is 148 Å². The Morgan fingerprint density at radius 2 is 1.85 bits per heavy atom. The van der Waals surface area contributed by atoms with Crippen LogP contribution in [-0.4, -0.2) is 37.3 Å². The Hall–Kier alpha value is -2.61. The van der Waals surface area contributed by atoms with E-state index >= 15 is 0 Å². The lowest BCUT2D eigenvalue weighted by Gasteiger charge is -2.30. The first-order chi connectivity index (χ1) is 12.4. The number of anilines is 1. The van der Waals surface area contributed by atoms with Gasteiger partial charge in [0.05, 0.1) is 30.2 Å². The van der Waals surface area contributed by atoms with Crippen molar-refractivity contribution in [2.24, 2.45) is 0 Å². The number of rotatable bonds is 3. The van der Waals surface area contributed by atoms with Crippen LogP contribution in [0.1, 0.15) is 21.7 Å². The summed E-state index contributed by atoms with van der Waals surface area (Å²) in [6.07, 6.45) is -4.56. The molecule has 1 aromatic heterocycles. The standard InChI is InChI=1S/C18H17F3N2O3/c1-12-13(6-7-16(22-12)18(19,20)21)17(24)26-15-5-3-2-4-14(15)23-8-10-25-11-9-23/h2-7H,8-11H2,1H3. The van der Waals surface area contributed by atoms with E-state index in [-0.39, 0.29) is 11.3 Å². The fourth-order valence-electron chi connectivity index (χ4n) is 2.70. The van der Waals surface area contributed by atoms with Crippen molar-refractivity contribution in [1.82, 2.24) is 4.98 Å². The van der Waals surface area contributed by atoms with Gasteiger partial charge in [-0.05, 0) is 31.2 Å². The van der Waals surface area contributed by atoms with Gasteiger partial charge in [-0.1, -0.05) is 12.1 Å². The molecule has 138 valence electrons. The zero-order valence-corrected chi connectivity index (χ0v) is 14.0. The van der Waals surface area contributed by atoms with E-state index in [0.29, 0.717) is 32.1 Å². The SMILES string of the molecule is Cc1nc(C(F)(F)F)ccc1C(=O)Oc1ccccc1N1CCOCC1. The van der Waals surface area contributed by atoms with Crippen molar-refractivity contribution < 1.29 is 27.4 Å². The highest BCUT2D eigenvalue weighted by molar-refractivity contribution is 5.92. The molecule has 0 atom stereocenters. The van der Waals surface area contributed by atoms with E-state index in [9.17, 15) is 18.0 Å². The number of para-hydroxylation sites is 2. The molecule has 1 saturated heterocycles. The van der Waals surface area contributed by atoms with Gasteiger partial charge >= 0.3 is 12.1 Å². The average molecular weight is 366 g/mol. The van der Waals surface area contributed by atoms with Crippen LogP contribution in [0, 0.1) is 6.92 Å². The molecule has 5 nitrogen and oxygen atoms in total. The molecule has 0 unspecified atom stereocenters. The largest absolute Gasteiger partial charge is 0.433 e. The summed E-state index contributed by atoms with van der Waals surface area (Å²) in [6, 6.07) is 8.89. The van der Waals surface area contributed by atoms with E-state index < -0.39 is 17.8 Å². The van der Waals surface area contributed by atoms with Crippen molar-refractivity contribution in [3.8, 4) is 5.75 Å². The summed E-state index contributed by atoms with van der Waals surface area (Å²) in [5.74, 6) is -0.400. The predicted octanol–water partition coefficient (Wildman–Crippen LogP) is 3.46. The number of carbonyl (C=O) groups excluding carboxylic acids is 1. The van der Waals surface area contributed by atoms with Crippen LogP contribution in [0.3, 0.4) is 0 Å². The van der Waals surface area contributed by atoms with Gasteiger partial charge in [0.15, 0.2) is 5.75 Å². The molecule has 26 heavy (non-hydrogen) atoms. The molecule has 0 N–H and O–H groups in total. The number of aromatic nitrogens is 1. The number of halogens is 3. The van der Waals surface area contributed by atoms with Crippen molar-refractivity contribution in [3.05, 3.63) is 53.3 Å². The number of aryl methyl sites for hydroxylation is 1. The Bertz CT molecular complexity index is 803. The molecule has 0 bridgehead atoms. The topological polar surface area (TPSA) is 51.7 Å². The molecule has 0 saturated carbocycles. The normalized spacial score (nSPS) is 15.0. The zero-order chi connectivity index (χ0) is 18.7. The highest BCUT2D eigenvalue weighted by Crippen LogP contribution is 2.31. The first kappa shape index (κ1) is 18.2. The summed E-state index contributed by atoms with van der Waals surface area (Å²) in [7, 11) is 0. The molecule has 1 aliphatic heterocycles. The van der Waals surface area contributed by atoms with Gasteiger partial charge in [0.25, 0.3) is 0 Å². The van der Waals surface area contributed by atoms with Gasteiger partial charge in [-0.15, -0.1) is 0 Å². The molecule has 1 aromatic carbocycles. The quantitative estimate of drug-likeness (QED) is 0.615. The predicted molar refractivity (Wildman–Crippen MR) is 88.4 cm³/mol. The molecule has 3 rings (SSSR count). The first-order valence-electron chi connectivity index (χ1n) is 8.05. The molecule has 0 spiro atoms. The van der Waals surface area contributed by atoms with Gasteiger partial charge < -0.3 is 14.4 Å². The maximum atomic E-state index is 12.7. The van der Waals surface area contributed by atoms with Crippen LogP contribution < -0.4 is 9.64 Å². The van der Waals surface area contributed by atoms with Crippen LogP contribution in [0.5, 0.6) is 5.75 Å². The van der Waals surface area contributed by atoms with Crippen LogP contribution in [0.2, 0.25) is 0 Å². The molecule has 0 amide bonds. The van der Waals surface area contributed by atoms with Crippen molar-refractivity contribution in [1.29, 1.82) is 0 Å². The minimum atomic E-state index is -4.56. The van der Waals surface area contributed by atoms with Gasteiger partial charge in [0.1, 0.15) is 5.69 Å². The van der Waals surface area contributed by atoms with Gasteiger partial charge in [-0.2, -0.15) is 13.2 Å². The first-order valence-corrected chi connectivity index (χ1v) is 8.05. The molecule has 0 radical (unpaired) electrons. The molecule has 8 heteroatoms. The summed E-state index contributed by atoms with van der Waals surface area (Å²) in [4.78, 5) is 17.9. The van der Waals surface area contributed by atoms with E-state index in [4.69, 9.17) is 9.47 Å². The lowest BCUT2D eigenvalue weighted by molar-refractivity contribution is -0.141. The lowest BCUT2D eigenvalue weighted by atomic mass is 10.2. The Kier molecular flexibility index (Phi) is 5.13. The maximum Gasteiger partial charge on any atom is 0.433 e. The minimum Gasteiger partial charge on any atom is -0.421 e. The van der Waals surface area contributed by atoms with Gasteiger partial charge in [0, 0.05) is 13.1 Å². The highest BCUT2D eigenvalue weighted by atomic mass is 19.4. The second-order valence-electron chi connectivity index (χ2n) is 5.78. The summed E-state index contributed by atoms with van der Waals surface area (Å²) >= 11 is 0. The third-order valence-electron chi connectivity index (χ3n) is 4.02. The van der Waals surface area contributed by atoms with Crippen molar-refractivity contribution in [3.63, 3.8) is 0 Å². The number of alkyl halides is 3. The zero-order valence-electron chi connectivity index (χ0n) is 14.0. The molecule has 2 aromatic rings. The minimum absolute atomic E-state index is 0.00483. The fourth-order valence-corrected chi connectivity index (χ4v) is 2.70. The number of nitrogens with zero attached hydrogens (tertiary/aromatic N) is 2. The lowest BCUT2D eigenvalue weighted by Crippen LogP contribution is -2.36. The molecular formula is C18H17F3N2O3. The van der Waals surface area contributed by atoms with Crippen LogP contribution in [-0.2, 0) is 10.9 Å². The van der Waals surface area contributed by atoms with Crippen molar-refractivity contribution >= 4 is 11.7 Å². The van der Waals surface area contributed by atoms with Crippen molar-refractivity contribution in [2.75, 3.05) is 31.2 Å². The number of esters is 1. The van der Waals surface area contributed by atoms with Crippen LogP contribution >= 0.6 is 0 Å². The Morgan fingerprint density at radius 3 is 2.50 bits per heavy atom. The number of morpholine rings is 1. The fraction of sp³-hybridized carbons (Fsp3) is 0.333. The molecule has 0 aliphatic carbocycles. The second kappa shape index (κ2) is 7.33. The van der Waals surface area contributed by atoms with E-state index in [1.807, 2.05) is 17.0 Å². The van der Waals surface area contributed by atoms with Crippen LogP contribution in [0.4, 0.5) is 18.9 Å². The number of pyridine rings is 1. The van der Waals surface area contributed by atoms with E-state index in [1.165, 1.54) is 6.92 Å².